The van der Waals surface area contributed by atoms with Gasteiger partial charge in [0, 0.05) is 31.0 Å². The van der Waals surface area contributed by atoms with Crippen LogP contribution >= 0.6 is 11.6 Å². The van der Waals surface area contributed by atoms with Crippen LogP contribution in [-0.2, 0) is 16.1 Å². The number of ether oxygens (including phenoxy) is 1. The predicted octanol–water partition coefficient (Wildman–Crippen LogP) is 4.35. The number of ketones is 1. The Bertz CT molecular complexity index is 1200. The molecule has 9 heteroatoms. The lowest BCUT2D eigenvalue weighted by atomic mass is 9.99. The van der Waals surface area contributed by atoms with E-state index in [9.17, 15) is 14.7 Å². The fourth-order valence-corrected chi connectivity index (χ4v) is 4.16. The standard InChI is InChI=1S/C24H24ClN3O5/c1-3-32-18-8-6-16(13-17(18)25)22(29)20-21(19-7-5-15(2)33-19)28(24(31)23(20)30)11-4-10-27-12-9-26-14-27/h5-9,12-14,21,29H,3-4,10-11H2,1-2H3/t21-/m0/s1. The van der Waals surface area contributed by atoms with Gasteiger partial charge in [0.1, 0.15) is 29.1 Å². The molecule has 0 bridgehead atoms. The van der Waals surface area contributed by atoms with Crippen LogP contribution in [-0.4, -0.2) is 44.4 Å². The number of furan rings is 1. The van der Waals surface area contributed by atoms with Crippen LogP contribution < -0.4 is 4.74 Å². The van der Waals surface area contributed by atoms with Crippen molar-refractivity contribution in [1.82, 2.24) is 14.5 Å². The molecule has 8 nitrogen and oxygen atoms in total. The molecule has 2 aromatic heterocycles. The normalized spacial score (nSPS) is 17.7. The quantitative estimate of drug-likeness (QED) is 0.299. The van der Waals surface area contributed by atoms with Crippen LogP contribution in [0.3, 0.4) is 0 Å². The van der Waals surface area contributed by atoms with Crippen LogP contribution in [0.1, 0.15) is 36.5 Å². The van der Waals surface area contributed by atoms with Crippen LogP contribution in [0, 0.1) is 6.92 Å². The molecule has 1 aliphatic heterocycles. The highest BCUT2D eigenvalue weighted by Gasteiger charge is 2.47. The van der Waals surface area contributed by atoms with Gasteiger partial charge in [-0.05, 0) is 50.6 Å². The molecule has 1 saturated heterocycles. The molecule has 1 fully saturated rings. The molecule has 172 valence electrons. The van der Waals surface area contributed by atoms with Crippen molar-refractivity contribution in [3.05, 3.63) is 76.7 Å². The van der Waals surface area contributed by atoms with Gasteiger partial charge in [-0.25, -0.2) is 4.98 Å². The van der Waals surface area contributed by atoms with Crippen LogP contribution in [0.25, 0.3) is 5.76 Å². The maximum atomic E-state index is 13.0. The molecule has 33 heavy (non-hydrogen) atoms. The molecular weight excluding hydrogens is 446 g/mol. The lowest BCUT2D eigenvalue weighted by Crippen LogP contribution is -2.31. The summed E-state index contributed by atoms with van der Waals surface area (Å²) < 4.78 is 13.1. The van der Waals surface area contributed by atoms with E-state index in [0.29, 0.717) is 54.0 Å². The summed E-state index contributed by atoms with van der Waals surface area (Å²) in [5, 5.41) is 11.4. The third-order valence-electron chi connectivity index (χ3n) is 5.45. The Morgan fingerprint density at radius 2 is 2.06 bits per heavy atom. The van der Waals surface area contributed by atoms with Crippen LogP contribution in [0.15, 0.2) is 59.0 Å². The smallest absolute Gasteiger partial charge is 0.295 e. The first kappa shape index (κ1) is 22.7. The van der Waals surface area contributed by atoms with E-state index < -0.39 is 17.7 Å². The van der Waals surface area contributed by atoms with Gasteiger partial charge < -0.3 is 23.7 Å². The van der Waals surface area contributed by atoms with Crippen molar-refractivity contribution in [2.75, 3.05) is 13.2 Å². The summed E-state index contributed by atoms with van der Waals surface area (Å²) in [7, 11) is 0. The maximum absolute atomic E-state index is 13.0. The highest BCUT2D eigenvalue weighted by Crippen LogP contribution is 2.41. The number of likely N-dealkylation sites (tertiary alicyclic amines) is 1. The average molecular weight is 470 g/mol. The summed E-state index contributed by atoms with van der Waals surface area (Å²) in [6, 6.07) is 7.37. The molecule has 1 amide bonds. The Labute approximate surface area is 196 Å². The van der Waals surface area contributed by atoms with E-state index in [1.807, 2.05) is 17.7 Å². The summed E-state index contributed by atoms with van der Waals surface area (Å²) >= 11 is 6.28. The number of halogens is 1. The first-order valence-corrected chi connectivity index (χ1v) is 11.0. The number of aromatic nitrogens is 2. The number of nitrogens with zero attached hydrogens (tertiary/aromatic N) is 3. The number of benzene rings is 1. The number of carbonyl (C=O) groups excluding carboxylic acids is 2. The minimum atomic E-state index is -0.841. The second-order valence-corrected chi connectivity index (χ2v) is 8.08. The zero-order chi connectivity index (χ0) is 23.5. The Hall–Kier alpha value is -3.52. The molecule has 0 radical (unpaired) electrons. The minimum Gasteiger partial charge on any atom is -0.507 e. The van der Waals surface area contributed by atoms with Crippen molar-refractivity contribution in [2.45, 2.75) is 32.9 Å². The van der Waals surface area contributed by atoms with Crippen LogP contribution in [0.5, 0.6) is 5.75 Å². The third-order valence-corrected chi connectivity index (χ3v) is 5.75. The highest BCUT2D eigenvalue weighted by molar-refractivity contribution is 6.46. The SMILES string of the molecule is CCOc1ccc(C(O)=C2C(=O)C(=O)N(CCCn3ccnc3)[C@H]2c2ccc(C)o2)cc1Cl. The Morgan fingerprint density at radius 1 is 1.24 bits per heavy atom. The van der Waals surface area contributed by atoms with E-state index in [4.69, 9.17) is 20.8 Å². The summed E-state index contributed by atoms with van der Waals surface area (Å²) in [4.78, 5) is 31.5. The lowest BCUT2D eigenvalue weighted by molar-refractivity contribution is -0.140. The predicted molar refractivity (Wildman–Crippen MR) is 122 cm³/mol. The highest BCUT2D eigenvalue weighted by atomic mass is 35.5. The largest absolute Gasteiger partial charge is 0.507 e. The molecule has 3 heterocycles. The van der Waals surface area contributed by atoms with Gasteiger partial charge in [0.15, 0.2) is 0 Å². The number of amides is 1. The molecule has 3 aromatic rings. The summed E-state index contributed by atoms with van der Waals surface area (Å²) in [6.07, 6.45) is 5.79. The number of hydrogen-bond donors (Lipinski definition) is 1. The zero-order valence-corrected chi connectivity index (χ0v) is 19.1. The van der Waals surface area contributed by atoms with E-state index in [-0.39, 0.29) is 11.3 Å². The van der Waals surface area contributed by atoms with Crippen LogP contribution in [0.4, 0.5) is 0 Å². The fraction of sp³-hybridized carbons (Fsp3) is 0.292. The van der Waals surface area contributed by atoms with Gasteiger partial charge >= 0.3 is 0 Å². The Kier molecular flexibility index (Phi) is 6.55. The van der Waals surface area contributed by atoms with Gasteiger partial charge in [0.25, 0.3) is 11.7 Å². The maximum Gasteiger partial charge on any atom is 0.295 e. The van der Waals surface area contributed by atoms with Crippen molar-refractivity contribution in [3.63, 3.8) is 0 Å². The Balaban J connectivity index is 1.71. The number of hydrogen-bond acceptors (Lipinski definition) is 6. The first-order valence-electron chi connectivity index (χ1n) is 10.6. The number of rotatable bonds is 8. The monoisotopic (exact) mass is 469 g/mol. The summed E-state index contributed by atoms with van der Waals surface area (Å²) in [6.45, 7) is 4.98. The molecule has 1 N–H and O–H groups in total. The Morgan fingerprint density at radius 3 is 2.70 bits per heavy atom. The van der Waals surface area contributed by atoms with Gasteiger partial charge in [-0.15, -0.1) is 0 Å². The molecule has 0 spiro atoms. The lowest BCUT2D eigenvalue weighted by Gasteiger charge is -2.23. The van der Waals surface area contributed by atoms with Crippen molar-refractivity contribution in [1.29, 1.82) is 0 Å². The number of Topliss-reactive ketones (excluding diaryl/α,β-unsaturated/α-hetero) is 1. The van der Waals surface area contributed by atoms with Crippen LogP contribution in [0.2, 0.25) is 5.02 Å². The van der Waals surface area contributed by atoms with Crippen molar-refractivity contribution < 1.29 is 23.8 Å². The van der Waals surface area contributed by atoms with Gasteiger partial charge in [-0.2, -0.15) is 0 Å². The molecule has 0 saturated carbocycles. The molecular formula is C24H24ClN3O5. The van der Waals surface area contributed by atoms with Gasteiger partial charge in [-0.3, -0.25) is 9.59 Å². The number of aliphatic hydroxyl groups is 1. The number of aryl methyl sites for hydroxylation is 2. The van der Waals surface area contributed by atoms with E-state index in [0.717, 1.165) is 0 Å². The number of aliphatic hydroxyl groups excluding tert-OH is 1. The second-order valence-electron chi connectivity index (χ2n) is 7.67. The summed E-state index contributed by atoms with van der Waals surface area (Å²) in [5.74, 6) is -0.244. The van der Waals surface area contributed by atoms with E-state index in [1.165, 1.54) is 11.0 Å². The molecule has 0 unspecified atom stereocenters. The van der Waals surface area contributed by atoms with E-state index in [2.05, 4.69) is 4.98 Å². The molecule has 4 rings (SSSR count). The van der Waals surface area contributed by atoms with Gasteiger partial charge in [0.2, 0.25) is 0 Å². The van der Waals surface area contributed by atoms with Crippen molar-refractivity contribution in [2.24, 2.45) is 0 Å². The zero-order valence-electron chi connectivity index (χ0n) is 18.3. The number of carbonyl (C=O) groups is 2. The number of imidazole rings is 1. The van der Waals surface area contributed by atoms with Crippen molar-refractivity contribution in [3.8, 4) is 5.75 Å². The molecule has 1 aromatic carbocycles. The van der Waals surface area contributed by atoms with Crippen molar-refractivity contribution >= 4 is 29.1 Å². The van der Waals surface area contributed by atoms with E-state index in [1.54, 1.807) is 43.7 Å². The van der Waals surface area contributed by atoms with Gasteiger partial charge in [0.05, 0.1) is 23.5 Å². The molecule has 1 atom stereocenters. The molecule has 1 aliphatic rings. The fourth-order valence-electron chi connectivity index (χ4n) is 3.93. The third kappa shape index (κ3) is 4.52. The second kappa shape index (κ2) is 9.54. The first-order chi connectivity index (χ1) is 15.9. The minimum absolute atomic E-state index is 0.0304. The van der Waals surface area contributed by atoms with Gasteiger partial charge in [-0.1, -0.05) is 11.6 Å². The summed E-state index contributed by atoms with van der Waals surface area (Å²) in [5.41, 5.74) is 0.283. The molecule has 0 aliphatic carbocycles. The topological polar surface area (TPSA) is 97.8 Å². The average Bonchev–Trinajstić information content (AvgIpc) is 3.52. The van der Waals surface area contributed by atoms with E-state index >= 15 is 0 Å².